The molecule has 0 unspecified atom stereocenters. The van der Waals surface area contributed by atoms with Crippen LogP contribution in [0.4, 0.5) is 0 Å². The summed E-state index contributed by atoms with van der Waals surface area (Å²) in [6.07, 6.45) is 2.35. The topological polar surface area (TPSA) is 65.0 Å². The van der Waals surface area contributed by atoms with Crippen LogP contribution in [0, 0.1) is 0 Å². The average Bonchev–Trinajstić information content (AvgIpc) is 3.04. The highest BCUT2D eigenvalue weighted by molar-refractivity contribution is 5.95. The maximum absolute atomic E-state index is 11.5. The van der Waals surface area contributed by atoms with Crippen molar-refractivity contribution in [1.29, 1.82) is 0 Å². The van der Waals surface area contributed by atoms with Gasteiger partial charge >= 0.3 is 5.97 Å². The third-order valence-electron chi connectivity index (χ3n) is 3.80. The fourth-order valence-electron chi connectivity index (χ4n) is 2.82. The Kier molecular flexibility index (Phi) is 2.30. The van der Waals surface area contributed by atoms with E-state index in [1.165, 1.54) is 0 Å². The molecule has 1 N–H and O–H groups in total. The smallest absolute Gasteiger partial charge is 0.379 e. The van der Waals surface area contributed by atoms with Gasteiger partial charge in [0.2, 0.25) is 12.6 Å². The number of hydrogen-bond acceptors (Lipinski definition) is 5. The Balaban J connectivity index is 1.84. The third kappa shape index (κ3) is 1.52. The van der Waals surface area contributed by atoms with Gasteiger partial charge in [0.25, 0.3) is 0 Å². The van der Waals surface area contributed by atoms with E-state index in [1.807, 2.05) is 18.2 Å². The van der Waals surface area contributed by atoms with Crippen molar-refractivity contribution < 1.29 is 24.1 Å². The molecule has 102 valence electrons. The number of ether oxygens (including phenoxy) is 3. The molecule has 0 atom stereocenters. The Morgan fingerprint density at radius 2 is 1.85 bits per heavy atom. The number of aliphatic hydroxyl groups is 1. The van der Waals surface area contributed by atoms with Gasteiger partial charge in [-0.25, -0.2) is 4.79 Å². The second-order valence-corrected chi connectivity index (χ2v) is 4.95. The molecule has 1 aliphatic carbocycles. The largest absolute Gasteiger partial charge is 0.502 e. The van der Waals surface area contributed by atoms with Crippen LogP contribution in [0.15, 0.2) is 35.3 Å². The van der Waals surface area contributed by atoms with Crippen LogP contribution < -0.4 is 9.47 Å². The van der Waals surface area contributed by atoms with Crippen LogP contribution >= 0.6 is 0 Å². The first-order valence-corrected chi connectivity index (χ1v) is 6.52. The molecule has 20 heavy (non-hydrogen) atoms. The molecule has 0 aromatic heterocycles. The molecule has 1 aromatic carbocycles. The first kappa shape index (κ1) is 11.4. The Morgan fingerprint density at radius 3 is 2.75 bits per heavy atom. The fraction of sp³-hybridized carbons (Fsp3) is 0.267. The molecule has 1 aromatic rings. The molecule has 3 aliphatic rings. The van der Waals surface area contributed by atoms with Gasteiger partial charge in [0.15, 0.2) is 11.5 Å². The van der Waals surface area contributed by atoms with E-state index in [9.17, 15) is 9.90 Å². The molecular formula is C15H12O5. The Labute approximate surface area is 115 Å². The summed E-state index contributed by atoms with van der Waals surface area (Å²) >= 11 is 0. The number of esters is 1. The van der Waals surface area contributed by atoms with E-state index in [0.29, 0.717) is 23.5 Å². The van der Waals surface area contributed by atoms with Gasteiger partial charge in [-0.2, -0.15) is 0 Å². The lowest BCUT2D eigenvalue weighted by Crippen LogP contribution is -2.02. The van der Waals surface area contributed by atoms with E-state index in [1.54, 1.807) is 0 Å². The fourth-order valence-corrected chi connectivity index (χ4v) is 2.82. The van der Waals surface area contributed by atoms with Gasteiger partial charge in [-0.15, -0.1) is 0 Å². The highest BCUT2D eigenvalue weighted by atomic mass is 16.7. The van der Waals surface area contributed by atoms with E-state index in [4.69, 9.17) is 14.2 Å². The summed E-state index contributed by atoms with van der Waals surface area (Å²) in [5.41, 5.74) is 2.49. The SMILES string of the molecule is O=C1OC2=C(c3ccc4c(c3)OCO4)CCCC2=C1O. The Morgan fingerprint density at radius 1 is 1.05 bits per heavy atom. The van der Waals surface area contributed by atoms with Crippen molar-refractivity contribution >= 4 is 11.5 Å². The summed E-state index contributed by atoms with van der Waals surface area (Å²) in [4.78, 5) is 11.5. The zero-order valence-corrected chi connectivity index (χ0v) is 10.6. The Hall–Kier alpha value is -2.43. The number of carbonyl (C=O) groups is 1. The van der Waals surface area contributed by atoms with E-state index in [2.05, 4.69) is 0 Å². The number of rotatable bonds is 1. The minimum absolute atomic E-state index is 0.228. The summed E-state index contributed by atoms with van der Waals surface area (Å²) in [5, 5.41) is 9.74. The molecule has 0 spiro atoms. The molecule has 5 nitrogen and oxygen atoms in total. The zero-order chi connectivity index (χ0) is 13.7. The van der Waals surface area contributed by atoms with Crippen LogP contribution in [0.5, 0.6) is 11.5 Å². The highest BCUT2D eigenvalue weighted by Gasteiger charge is 2.34. The standard InChI is InChI=1S/C15H12O5/c16-13-10-3-1-2-9(14(10)20-15(13)17)8-4-5-11-12(6-8)19-7-18-11/h4-6,16H,1-3,7H2. The van der Waals surface area contributed by atoms with Crippen LogP contribution in [-0.2, 0) is 9.53 Å². The maximum atomic E-state index is 11.5. The molecule has 0 saturated heterocycles. The van der Waals surface area contributed by atoms with Crippen LogP contribution in [0.2, 0.25) is 0 Å². The molecule has 0 fully saturated rings. The van der Waals surface area contributed by atoms with Gasteiger partial charge in [-0.1, -0.05) is 6.07 Å². The maximum Gasteiger partial charge on any atom is 0.379 e. The third-order valence-corrected chi connectivity index (χ3v) is 3.80. The van der Waals surface area contributed by atoms with Gasteiger partial charge in [0, 0.05) is 11.1 Å². The minimum atomic E-state index is -0.657. The summed E-state index contributed by atoms with van der Waals surface area (Å²) < 4.78 is 15.9. The molecule has 0 bridgehead atoms. The number of aliphatic hydroxyl groups excluding tert-OH is 1. The molecule has 4 rings (SSSR count). The predicted octanol–water partition coefficient (Wildman–Crippen LogP) is 2.68. The first-order chi connectivity index (χ1) is 9.74. The number of carbonyl (C=O) groups excluding carboxylic acids is 1. The van der Waals surface area contributed by atoms with Crippen molar-refractivity contribution in [2.45, 2.75) is 19.3 Å². The monoisotopic (exact) mass is 272 g/mol. The summed E-state index contributed by atoms with van der Waals surface area (Å²) in [5.74, 6) is 1.02. The Bertz CT molecular complexity index is 684. The van der Waals surface area contributed by atoms with Gasteiger partial charge in [0.1, 0.15) is 5.76 Å². The second-order valence-electron chi connectivity index (χ2n) is 4.95. The van der Waals surface area contributed by atoms with E-state index in [0.717, 1.165) is 29.7 Å². The summed E-state index contributed by atoms with van der Waals surface area (Å²) in [6.45, 7) is 0.228. The zero-order valence-electron chi connectivity index (χ0n) is 10.6. The molecule has 0 saturated carbocycles. The van der Waals surface area contributed by atoms with Crippen molar-refractivity contribution in [3.63, 3.8) is 0 Å². The van der Waals surface area contributed by atoms with Gasteiger partial charge in [-0.3, -0.25) is 0 Å². The molecule has 0 amide bonds. The lowest BCUT2D eigenvalue weighted by atomic mass is 9.89. The summed E-state index contributed by atoms with van der Waals surface area (Å²) in [7, 11) is 0. The molecule has 0 radical (unpaired) electrons. The highest BCUT2D eigenvalue weighted by Crippen LogP contribution is 2.43. The molecule has 2 aliphatic heterocycles. The predicted molar refractivity (Wildman–Crippen MR) is 69.1 cm³/mol. The van der Waals surface area contributed by atoms with Gasteiger partial charge < -0.3 is 19.3 Å². The van der Waals surface area contributed by atoms with Crippen LogP contribution in [0.25, 0.3) is 5.57 Å². The van der Waals surface area contributed by atoms with Crippen molar-refractivity contribution in [2.75, 3.05) is 6.79 Å². The van der Waals surface area contributed by atoms with Crippen molar-refractivity contribution in [3.8, 4) is 11.5 Å². The first-order valence-electron chi connectivity index (χ1n) is 6.52. The average molecular weight is 272 g/mol. The number of hydrogen-bond donors (Lipinski definition) is 1. The van der Waals surface area contributed by atoms with Gasteiger partial charge in [0.05, 0.1) is 0 Å². The normalized spacial score (nSPS) is 20.3. The lowest BCUT2D eigenvalue weighted by molar-refractivity contribution is -0.135. The van der Waals surface area contributed by atoms with Crippen molar-refractivity contribution in [3.05, 3.63) is 40.9 Å². The van der Waals surface area contributed by atoms with Crippen LogP contribution in [-0.4, -0.2) is 17.9 Å². The van der Waals surface area contributed by atoms with Crippen molar-refractivity contribution in [2.24, 2.45) is 0 Å². The van der Waals surface area contributed by atoms with E-state index in [-0.39, 0.29) is 12.6 Å². The van der Waals surface area contributed by atoms with Crippen molar-refractivity contribution in [1.82, 2.24) is 0 Å². The second kappa shape index (κ2) is 4.03. The quantitative estimate of drug-likeness (QED) is 0.796. The van der Waals surface area contributed by atoms with Crippen LogP contribution in [0.3, 0.4) is 0 Å². The van der Waals surface area contributed by atoms with E-state index < -0.39 is 5.97 Å². The molecule has 2 heterocycles. The lowest BCUT2D eigenvalue weighted by Gasteiger charge is -2.18. The minimum Gasteiger partial charge on any atom is -0.502 e. The van der Waals surface area contributed by atoms with Crippen LogP contribution in [0.1, 0.15) is 24.8 Å². The van der Waals surface area contributed by atoms with E-state index >= 15 is 0 Å². The molecule has 5 heteroatoms. The number of fused-ring (bicyclic) bond motifs is 2. The number of allylic oxidation sites excluding steroid dienone is 2. The summed E-state index contributed by atoms with van der Waals surface area (Å²) in [6, 6.07) is 5.65. The van der Waals surface area contributed by atoms with Gasteiger partial charge in [-0.05, 0) is 37.0 Å². The molecular weight excluding hydrogens is 260 g/mol. The number of benzene rings is 1.